The van der Waals surface area contributed by atoms with Crippen LogP contribution in [0.3, 0.4) is 0 Å². The molecule has 47 heavy (non-hydrogen) atoms. The van der Waals surface area contributed by atoms with Crippen molar-refractivity contribution in [2.75, 3.05) is 13.1 Å². The van der Waals surface area contributed by atoms with Gasteiger partial charge in [0.25, 0.3) is 0 Å². The van der Waals surface area contributed by atoms with Crippen LogP contribution >= 0.6 is 11.3 Å². The van der Waals surface area contributed by atoms with Crippen molar-refractivity contribution >= 4 is 32.3 Å². The van der Waals surface area contributed by atoms with Crippen molar-refractivity contribution in [3.8, 4) is 39.5 Å². The molecular formula is C37H32FN7OS. The molecule has 7 aromatic rings. The Morgan fingerprint density at radius 2 is 1.64 bits per heavy atom. The van der Waals surface area contributed by atoms with E-state index in [2.05, 4.69) is 103 Å². The third kappa shape index (κ3) is 4.54. The molecule has 4 N–H and O–H groups in total. The Kier molecular flexibility index (Phi) is 6.19. The highest BCUT2D eigenvalue weighted by Crippen LogP contribution is 2.47. The summed E-state index contributed by atoms with van der Waals surface area (Å²) in [6, 6.07) is 26.2. The Balaban J connectivity index is 1.07. The summed E-state index contributed by atoms with van der Waals surface area (Å²) in [4.78, 5) is 17.5. The van der Waals surface area contributed by atoms with E-state index in [1.165, 1.54) is 16.5 Å². The molecule has 4 aromatic heterocycles. The third-order valence-corrected chi connectivity index (χ3v) is 11.0. The number of imidazole rings is 2. The van der Waals surface area contributed by atoms with E-state index >= 15 is 0 Å². The topological polar surface area (TPSA) is 95.6 Å². The van der Waals surface area contributed by atoms with Gasteiger partial charge in [0, 0.05) is 39.7 Å². The average molecular weight is 642 g/mol. The van der Waals surface area contributed by atoms with Crippen LogP contribution in [0.25, 0.3) is 54.8 Å². The molecule has 0 saturated carbocycles. The number of thiophene rings is 1. The normalized spacial score (nSPS) is 22.1. The lowest BCUT2D eigenvalue weighted by atomic mass is 10.0. The van der Waals surface area contributed by atoms with E-state index < -0.39 is 6.17 Å². The smallest absolute Gasteiger partial charge is 0.212 e. The second kappa shape index (κ2) is 10.6. The zero-order valence-electron chi connectivity index (χ0n) is 25.5. The molecule has 10 heteroatoms. The molecule has 10 rings (SSSR count). The maximum atomic E-state index is 13.8. The first-order valence-corrected chi connectivity index (χ1v) is 17.1. The van der Waals surface area contributed by atoms with Crippen LogP contribution in [0.15, 0.2) is 85.2 Å². The van der Waals surface area contributed by atoms with Crippen molar-refractivity contribution in [2.24, 2.45) is 0 Å². The molecule has 2 saturated heterocycles. The summed E-state index contributed by atoms with van der Waals surface area (Å²) in [5.41, 5.74) is 7.26. The number of fused-ring (bicyclic) bond motifs is 6. The molecule has 2 fully saturated rings. The first-order chi connectivity index (χ1) is 23.1. The monoisotopic (exact) mass is 641 g/mol. The minimum absolute atomic E-state index is 0.0855. The molecule has 0 bridgehead atoms. The molecule has 0 spiro atoms. The van der Waals surface area contributed by atoms with Crippen LogP contribution in [0.5, 0.6) is 5.75 Å². The second-order valence-corrected chi connectivity index (χ2v) is 14.0. The van der Waals surface area contributed by atoms with Gasteiger partial charge in [0.05, 0.1) is 52.0 Å². The van der Waals surface area contributed by atoms with E-state index in [0.717, 1.165) is 79.9 Å². The van der Waals surface area contributed by atoms with Gasteiger partial charge in [-0.15, -0.1) is 11.3 Å². The van der Waals surface area contributed by atoms with Gasteiger partial charge in [0.15, 0.2) is 0 Å². The molecule has 4 unspecified atom stereocenters. The predicted molar refractivity (Wildman–Crippen MR) is 183 cm³/mol. The fraction of sp³-hybridized carbons (Fsp3) is 0.243. The van der Waals surface area contributed by atoms with Crippen molar-refractivity contribution in [3.63, 3.8) is 0 Å². The van der Waals surface area contributed by atoms with Crippen LogP contribution in [0, 0.1) is 0 Å². The third-order valence-electron chi connectivity index (χ3n) is 9.87. The van der Waals surface area contributed by atoms with Crippen molar-refractivity contribution in [1.82, 2.24) is 35.1 Å². The minimum atomic E-state index is -0.834. The Hall–Kier alpha value is -4.77. The summed E-state index contributed by atoms with van der Waals surface area (Å²) in [5.74, 6) is 2.62. The Labute approximate surface area is 274 Å². The first-order valence-electron chi connectivity index (χ1n) is 16.3. The van der Waals surface area contributed by atoms with Crippen LogP contribution < -0.4 is 15.4 Å². The molecule has 8 nitrogen and oxygen atoms in total. The van der Waals surface area contributed by atoms with Gasteiger partial charge in [-0.1, -0.05) is 30.3 Å². The van der Waals surface area contributed by atoms with Crippen LogP contribution in [0.4, 0.5) is 4.39 Å². The maximum absolute atomic E-state index is 13.8. The number of hydrogen-bond donors (Lipinski definition) is 4. The Morgan fingerprint density at radius 3 is 2.43 bits per heavy atom. The lowest BCUT2D eigenvalue weighted by molar-refractivity contribution is 0.177. The summed E-state index contributed by atoms with van der Waals surface area (Å²) >= 11 is 1.77. The summed E-state index contributed by atoms with van der Waals surface area (Å²) in [5, 5.41) is 9.09. The van der Waals surface area contributed by atoms with Gasteiger partial charge in [-0.3, -0.25) is 4.57 Å². The van der Waals surface area contributed by atoms with Gasteiger partial charge in [-0.2, -0.15) is 0 Å². The first kappa shape index (κ1) is 27.4. The van der Waals surface area contributed by atoms with Crippen molar-refractivity contribution in [1.29, 1.82) is 0 Å². The molecule has 0 radical (unpaired) electrons. The molecule has 7 heterocycles. The van der Waals surface area contributed by atoms with Gasteiger partial charge < -0.3 is 25.3 Å². The highest BCUT2D eigenvalue weighted by Gasteiger charge is 2.31. The lowest BCUT2D eigenvalue weighted by Gasteiger charge is -2.29. The molecule has 0 amide bonds. The fourth-order valence-electron chi connectivity index (χ4n) is 7.48. The maximum Gasteiger partial charge on any atom is 0.212 e. The number of nitrogens with one attached hydrogen (secondary N) is 4. The quantitative estimate of drug-likeness (QED) is 0.153. The van der Waals surface area contributed by atoms with Crippen LogP contribution in [-0.2, 0) is 0 Å². The standard InChI is InChI=1S/C37H32FN7OS/c38-24-16-27(40-17-24)36-42-18-28(44-36)20-8-10-30-23(12-20)13-31-25-9-7-21(29-19-41-35(43-29)26-5-3-11-39-26)14-32(25)46-37(45(30)31)34-15-22-4-1-2-6-33(22)47-34/h1-2,4,6-10,12-15,18-19,24,26-27,37,39-40H,3,5,11,16-17H2,(H,41,43)(H,42,44). The van der Waals surface area contributed by atoms with E-state index in [4.69, 9.17) is 9.72 Å². The van der Waals surface area contributed by atoms with Crippen molar-refractivity contribution in [3.05, 3.63) is 102 Å². The van der Waals surface area contributed by atoms with Crippen molar-refractivity contribution in [2.45, 2.75) is 43.7 Å². The molecular weight excluding hydrogens is 610 g/mol. The summed E-state index contributed by atoms with van der Waals surface area (Å²) in [7, 11) is 0. The van der Waals surface area contributed by atoms with Gasteiger partial charge in [-0.25, -0.2) is 14.4 Å². The zero-order chi connectivity index (χ0) is 31.1. The van der Waals surface area contributed by atoms with E-state index in [-0.39, 0.29) is 18.3 Å². The largest absolute Gasteiger partial charge is 0.464 e. The Morgan fingerprint density at radius 1 is 0.830 bits per heavy atom. The predicted octanol–water partition coefficient (Wildman–Crippen LogP) is 8.04. The van der Waals surface area contributed by atoms with Crippen LogP contribution in [0.2, 0.25) is 0 Å². The van der Waals surface area contributed by atoms with E-state index in [1.807, 2.05) is 12.4 Å². The molecule has 234 valence electrons. The molecule has 3 aliphatic rings. The number of benzene rings is 3. The van der Waals surface area contributed by atoms with Gasteiger partial charge in [0.1, 0.15) is 23.6 Å². The van der Waals surface area contributed by atoms with E-state index in [0.29, 0.717) is 13.0 Å². The number of aromatic amines is 2. The lowest BCUT2D eigenvalue weighted by Crippen LogP contribution is -2.21. The number of ether oxygens (including phenoxy) is 1. The van der Waals surface area contributed by atoms with E-state index in [1.54, 1.807) is 11.3 Å². The minimum Gasteiger partial charge on any atom is -0.464 e. The van der Waals surface area contributed by atoms with Gasteiger partial charge in [0.2, 0.25) is 6.23 Å². The van der Waals surface area contributed by atoms with Crippen molar-refractivity contribution < 1.29 is 9.13 Å². The number of hydrogen-bond acceptors (Lipinski definition) is 6. The summed E-state index contributed by atoms with van der Waals surface area (Å²) in [6.07, 6.45) is 5.34. The van der Waals surface area contributed by atoms with Gasteiger partial charge >= 0.3 is 0 Å². The van der Waals surface area contributed by atoms with Gasteiger partial charge in [-0.05, 0) is 67.2 Å². The Bertz CT molecular complexity index is 2260. The fourth-order valence-corrected chi connectivity index (χ4v) is 8.57. The second-order valence-electron chi connectivity index (χ2n) is 12.8. The van der Waals surface area contributed by atoms with Crippen LogP contribution in [-0.4, -0.2) is 43.8 Å². The molecule has 4 atom stereocenters. The number of aromatic nitrogens is 5. The number of halogens is 1. The number of alkyl halides is 1. The zero-order valence-corrected chi connectivity index (χ0v) is 26.3. The number of nitrogens with zero attached hydrogens (tertiary/aromatic N) is 3. The summed E-state index contributed by atoms with van der Waals surface area (Å²) < 4.78 is 24.4. The average Bonchev–Trinajstić information content (AvgIpc) is 3.94. The highest BCUT2D eigenvalue weighted by atomic mass is 32.1. The molecule has 3 aliphatic heterocycles. The SMILES string of the molecule is FC1CNC(c2ncc(-c3ccc4c(c3)cc3n4C(c4cc5ccccc5s4)Oc4cc(-c5cnc(C6CCCN6)[nH]5)ccc4-3)[nH]2)C1. The molecule has 0 aliphatic carbocycles. The highest BCUT2D eigenvalue weighted by molar-refractivity contribution is 7.19. The summed E-state index contributed by atoms with van der Waals surface area (Å²) in [6.45, 7) is 1.40. The number of rotatable bonds is 5. The number of H-pyrrole nitrogens is 2. The van der Waals surface area contributed by atoms with E-state index in [9.17, 15) is 4.39 Å². The van der Waals surface area contributed by atoms with Crippen LogP contribution in [0.1, 0.15) is 54.1 Å². The molecule has 3 aromatic carbocycles.